The minimum absolute atomic E-state index is 0.375. The van der Waals surface area contributed by atoms with Gasteiger partial charge < -0.3 is 9.09 Å². The molecule has 0 aliphatic rings. The topological polar surface area (TPSA) is 73.8 Å². The SMILES string of the molecule is CCn1ccnc1[S@](=O)[C@H](C)c1nc(Cc2ccccc2)no1. The maximum Gasteiger partial charge on any atom is 0.242 e. The molecule has 7 heteroatoms. The van der Waals surface area contributed by atoms with E-state index in [4.69, 9.17) is 4.52 Å². The van der Waals surface area contributed by atoms with Crippen molar-refractivity contribution in [2.45, 2.75) is 37.2 Å². The third kappa shape index (κ3) is 3.39. The van der Waals surface area contributed by atoms with Gasteiger partial charge in [-0.25, -0.2) is 4.98 Å². The standard InChI is InChI=1S/C16H18N4O2S/c1-3-20-10-9-17-16(20)23(21)12(2)15-18-14(19-22-15)11-13-7-5-4-6-8-13/h4-10,12H,3,11H2,1-2H3/t12-,23-/m1/s1. The third-order valence-corrected chi connectivity index (χ3v) is 5.10. The van der Waals surface area contributed by atoms with Crippen LogP contribution in [-0.4, -0.2) is 23.9 Å². The van der Waals surface area contributed by atoms with Gasteiger partial charge in [0.05, 0.1) is 0 Å². The molecule has 0 unspecified atom stereocenters. The Kier molecular flexibility index (Phi) is 4.66. The summed E-state index contributed by atoms with van der Waals surface area (Å²) in [7, 11) is -1.34. The van der Waals surface area contributed by atoms with Crippen LogP contribution in [0.4, 0.5) is 0 Å². The van der Waals surface area contributed by atoms with Crippen molar-refractivity contribution in [3.63, 3.8) is 0 Å². The van der Waals surface area contributed by atoms with Gasteiger partial charge in [0, 0.05) is 25.4 Å². The highest BCUT2D eigenvalue weighted by Gasteiger charge is 2.25. The highest BCUT2D eigenvalue weighted by molar-refractivity contribution is 7.85. The minimum atomic E-state index is -1.34. The van der Waals surface area contributed by atoms with E-state index in [1.807, 2.05) is 54.9 Å². The lowest BCUT2D eigenvalue weighted by Crippen LogP contribution is -2.10. The molecule has 23 heavy (non-hydrogen) atoms. The first-order valence-corrected chi connectivity index (χ1v) is 8.68. The number of aryl methyl sites for hydroxylation is 1. The van der Waals surface area contributed by atoms with Crippen LogP contribution in [0.5, 0.6) is 0 Å². The average Bonchev–Trinajstić information content (AvgIpc) is 3.23. The lowest BCUT2D eigenvalue weighted by molar-refractivity contribution is 0.373. The van der Waals surface area contributed by atoms with Crippen LogP contribution >= 0.6 is 0 Å². The molecule has 0 amide bonds. The second-order valence-electron chi connectivity index (χ2n) is 5.15. The molecule has 3 rings (SSSR count). The molecule has 1 aromatic carbocycles. The fourth-order valence-corrected chi connectivity index (χ4v) is 3.44. The molecule has 0 saturated carbocycles. The second-order valence-corrected chi connectivity index (χ2v) is 6.81. The van der Waals surface area contributed by atoms with Crippen molar-refractivity contribution < 1.29 is 8.73 Å². The molecule has 0 bridgehead atoms. The third-order valence-electron chi connectivity index (χ3n) is 3.56. The molecule has 0 aliphatic carbocycles. The molecule has 2 heterocycles. The molecule has 6 nitrogen and oxygen atoms in total. The summed E-state index contributed by atoms with van der Waals surface area (Å²) in [5.74, 6) is 0.966. The van der Waals surface area contributed by atoms with Crippen LogP contribution in [0.15, 0.2) is 52.4 Å². The van der Waals surface area contributed by atoms with Crippen LogP contribution in [0.25, 0.3) is 0 Å². The molecule has 0 aliphatic heterocycles. The van der Waals surface area contributed by atoms with Gasteiger partial charge in [0.1, 0.15) is 16.0 Å². The number of hydrogen-bond acceptors (Lipinski definition) is 5. The van der Waals surface area contributed by atoms with Gasteiger partial charge in [0.15, 0.2) is 11.0 Å². The Labute approximate surface area is 137 Å². The van der Waals surface area contributed by atoms with Gasteiger partial charge in [-0.05, 0) is 19.4 Å². The van der Waals surface area contributed by atoms with Gasteiger partial charge in [0.25, 0.3) is 0 Å². The maximum absolute atomic E-state index is 12.7. The van der Waals surface area contributed by atoms with Crippen LogP contribution in [0, 0.1) is 0 Å². The van der Waals surface area contributed by atoms with Crippen molar-refractivity contribution in [3.05, 3.63) is 60.0 Å². The Morgan fingerprint density at radius 3 is 2.83 bits per heavy atom. The first kappa shape index (κ1) is 15.6. The van der Waals surface area contributed by atoms with Gasteiger partial charge in [-0.1, -0.05) is 35.5 Å². The van der Waals surface area contributed by atoms with Crippen LogP contribution in [0.3, 0.4) is 0 Å². The molecule has 0 saturated heterocycles. The Bertz CT molecular complexity index is 797. The van der Waals surface area contributed by atoms with Crippen LogP contribution < -0.4 is 0 Å². The van der Waals surface area contributed by atoms with Crippen molar-refractivity contribution in [1.82, 2.24) is 19.7 Å². The van der Waals surface area contributed by atoms with Gasteiger partial charge >= 0.3 is 0 Å². The molecule has 0 fully saturated rings. The van der Waals surface area contributed by atoms with Crippen molar-refractivity contribution in [2.75, 3.05) is 0 Å². The van der Waals surface area contributed by atoms with Crippen molar-refractivity contribution >= 4 is 10.8 Å². The van der Waals surface area contributed by atoms with E-state index in [0.717, 1.165) is 12.1 Å². The van der Waals surface area contributed by atoms with Crippen molar-refractivity contribution in [3.8, 4) is 0 Å². The number of benzene rings is 1. The summed E-state index contributed by atoms with van der Waals surface area (Å²) in [5.41, 5.74) is 1.11. The molecule has 3 aromatic rings. The van der Waals surface area contributed by atoms with E-state index in [1.165, 1.54) is 0 Å². The predicted octanol–water partition coefficient (Wildman–Crippen LogP) is 2.75. The molecule has 2 atom stereocenters. The first-order chi connectivity index (χ1) is 11.2. The van der Waals surface area contributed by atoms with Gasteiger partial charge in [-0.15, -0.1) is 0 Å². The zero-order valence-electron chi connectivity index (χ0n) is 13.0. The highest BCUT2D eigenvalue weighted by atomic mass is 32.2. The lowest BCUT2D eigenvalue weighted by Gasteiger charge is -2.07. The van der Waals surface area contributed by atoms with Crippen LogP contribution in [0.2, 0.25) is 0 Å². The number of nitrogens with zero attached hydrogens (tertiary/aromatic N) is 4. The van der Waals surface area contributed by atoms with E-state index in [9.17, 15) is 4.21 Å². The summed E-state index contributed by atoms with van der Waals surface area (Å²) in [6, 6.07) is 9.93. The van der Waals surface area contributed by atoms with E-state index in [2.05, 4.69) is 15.1 Å². The monoisotopic (exact) mass is 330 g/mol. The number of rotatable bonds is 6. The molecule has 120 valence electrons. The zero-order chi connectivity index (χ0) is 16.2. The number of imidazole rings is 1. The van der Waals surface area contributed by atoms with Crippen molar-refractivity contribution in [1.29, 1.82) is 0 Å². The summed E-state index contributed by atoms with van der Waals surface area (Å²) in [5, 5.41) is 4.12. The summed E-state index contributed by atoms with van der Waals surface area (Å²) < 4.78 is 19.8. The first-order valence-electron chi connectivity index (χ1n) is 7.47. The highest BCUT2D eigenvalue weighted by Crippen LogP contribution is 2.23. The lowest BCUT2D eigenvalue weighted by atomic mass is 10.1. The zero-order valence-corrected chi connectivity index (χ0v) is 13.9. The average molecular weight is 330 g/mol. The predicted molar refractivity (Wildman–Crippen MR) is 86.3 cm³/mol. The fraction of sp³-hybridized carbons (Fsp3) is 0.312. The number of hydrogen-bond donors (Lipinski definition) is 0. The Morgan fingerprint density at radius 2 is 2.09 bits per heavy atom. The Hall–Kier alpha value is -2.28. The second kappa shape index (κ2) is 6.87. The molecule has 0 spiro atoms. The summed E-state index contributed by atoms with van der Waals surface area (Å²) in [4.78, 5) is 8.57. The fourth-order valence-electron chi connectivity index (χ4n) is 2.26. The molecule has 0 radical (unpaired) electrons. The van der Waals surface area contributed by atoms with Crippen molar-refractivity contribution in [2.24, 2.45) is 0 Å². The van der Waals surface area contributed by atoms with E-state index < -0.39 is 16.0 Å². The number of aromatic nitrogens is 4. The molecule has 2 aromatic heterocycles. The van der Waals surface area contributed by atoms with E-state index in [0.29, 0.717) is 23.3 Å². The quantitative estimate of drug-likeness (QED) is 0.695. The Morgan fingerprint density at radius 1 is 1.30 bits per heavy atom. The van der Waals surface area contributed by atoms with E-state index >= 15 is 0 Å². The van der Waals surface area contributed by atoms with Crippen LogP contribution in [-0.2, 0) is 23.8 Å². The van der Waals surface area contributed by atoms with E-state index in [1.54, 1.807) is 6.20 Å². The van der Waals surface area contributed by atoms with Gasteiger partial charge in [-0.3, -0.25) is 4.21 Å². The minimum Gasteiger partial charge on any atom is -0.338 e. The normalized spacial score (nSPS) is 13.8. The Balaban J connectivity index is 1.76. The summed E-state index contributed by atoms with van der Waals surface area (Å²) in [6.45, 7) is 4.51. The molecule has 0 N–H and O–H groups in total. The van der Waals surface area contributed by atoms with E-state index in [-0.39, 0.29) is 0 Å². The van der Waals surface area contributed by atoms with Crippen LogP contribution in [0.1, 0.15) is 36.4 Å². The summed E-state index contributed by atoms with van der Waals surface area (Å²) >= 11 is 0. The summed E-state index contributed by atoms with van der Waals surface area (Å²) in [6.07, 6.45) is 4.06. The molecular formula is C16H18N4O2S. The van der Waals surface area contributed by atoms with Gasteiger partial charge in [-0.2, -0.15) is 4.98 Å². The maximum atomic E-state index is 12.7. The smallest absolute Gasteiger partial charge is 0.242 e. The molecular weight excluding hydrogens is 312 g/mol. The largest absolute Gasteiger partial charge is 0.338 e. The van der Waals surface area contributed by atoms with Gasteiger partial charge in [0.2, 0.25) is 5.89 Å².